The Kier molecular flexibility index (Phi) is 7.76. The molecule has 0 aromatic heterocycles. The van der Waals surface area contributed by atoms with Crippen molar-refractivity contribution in [1.82, 2.24) is 0 Å². The fourth-order valence-electron chi connectivity index (χ4n) is 4.77. The summed E-state index contributed by atoms with van der Waals surface area (Å²) in [5.74, 6) is -1.21. The van der Waals surface area contributed by atoms with Crippen LogP contribution in [0, 0.1) is 0 Å². The fraction of sp³-hybridized carbons (Fsp3) is 0.258. The molecule has 3 aromatic carbocycles. The lowest BCUT2D eigenvalue weighted by molar-refractivity contribution is -0.132. The van der Waals surface area contributed by atoms with E-state index in [9.17, 15) is 19.5 Å². The van der Waals surface area contributed by atoms with Gasteiger partial charge in [0, 0.05) is 43.6 Å². The molecule has 1 unspecified atom stereocenters. The molecule has 0 aliphatic carbocycles. The molecule has 1 heterocycles. The molecule has 2 amide bonds. The predicted octanol–water partition coefficient (Wildman–Crippen LogP) is 5.47. The molecule has 0 spiro atoms. The van der Waals surface area contributed by atoms with Crippen LogP contribution >= 0.6 is 0 Å². The zero-order valence-electron chi connectivity index (χ0n) is 23.0. The van der Waals surface area contributed by atoms with Gasteiger partial charge in [0.1, 0.15) is 11.5 Å². The van der Waals surface area contributed by atoms with Crippen LogP contribution in [0.5, 0.6) is 5.75 Å². The van der Waals surface area contributed by atoms with Crippen molar-refractivity contribution >= 4 is 40.4 Å². The molecule has 4 rings (SSSR count). The summed E-state index contributed by atoms with van der Waals surface area (Å²) in [6.45, 7) is 5.43. The average Bonchev–Trinajstić information content (AvgIpc) is 3.18. The predicted molar refractivity (Wildman–Crippen MR) is 153 cm³/mol. The first kappa shape index (κ1) is 27.4. The summed E-state index contributed by atoms with van der Waals surface area (Å²) in [6, 6.07) is 18.5. The number of carbonyl (C=O) groups excluding carboxylic acids is 3. The van der Waals surface area contributed by atoms with Crippen LogP contribution in [0.1, 0.15) is 49.4 Å². The quantitative estimate of drug-likeness (QED) is 0.240. The van der Waals surface area contributed by atoms with Gasteiger partial charge in [0.2, 0.25) is 5.91 Å². The highest BCUT2D eigenvalue weighted by molar-refractivity contribution is 6.51. The Morgan fingerprint density at radius 1 is 1.00 bits per heavy atom. The topological polar surface area (TPSA) is 99.2 Å². The third-order valence-electron chi connectivity index (χ3n) is 6.76. The zero-order chi connectivity index (χ0) is 28.4. The smallest absolute Gasteiger partial charge is 0.300 e. The maximum absolute atomic E-state index is 13.5. The third-order valence-corrected chi connectivity index (χ3v) is 6.76. The van der Waals surface area contributed by atoms with Crippen molar-refractivity contribution in [2.45, 2.75) is 32.7 Å². The lowest BCUT2D eigenvalue weighted by Crippen LogP contribution is -2.29. The van der Waals surface area contributed by atoms with E-state index in [4.69, 9.17) is 4.74 Å². The van der Waals surface area contributed by atoms with E-state index in [1.165, 1.54) is 11.8 Å². The van der Waals surface area contributed by atoms with E-state index in [0.717, 1.165) is 11.3 Å². The van der Waals surface area contributed by atoms with Crippen LogP contribution in [-0.4, -0.2) is 43.9 Å². The molecule has 3 aromatic rings. The van der Waals surface area contributed by atoms with Gasteiger partial charge in [0.25, 0.3) is 11.7 Å². The average molecular weight is 528 g/mol. The Bertz CT molecular complexity index is 1440. The number of methoxy groups -OCH3 is 1. The molecule has 8 heteroatoms. The summed E-state index contributed by atoms with van der Waals surface area (Å²) >= 11 is 0. The van der Waals surface area contributed by atoms with Gasteiger partial charge in [-0.1, -0.05) is 26.0 Å². The lowest BCUT2D eigenvalue weighted by Gasteiger charge is -2.26. The fourth-order valence-corrected chi connectivity index (χ4v) is 4.77. The highest BCUT2D eigenvalue weighted by atomic mass is 16.5. The third kappa shape index (κ3) is 5.36. The van der Waals surface area contributed by atoms with E-state index in [1.807, 2.05) is 57.1 Å². The number of anilines is 3. The van der Waals surface area contributed by atoms with Crippen LogP contribution in [0.3, 0.4) is 0 Å². The molecule has 0 bridgehead atoms. The van der Waals surface area contributed by atoms with Gasteiger partial charge in [0.15, 0.2) is 0 Å². The standard InChI is InChI=1S/C31H33N3O5/c1-18(2)25-17-21(9-16-26(25)39-6)29(36)27-28(20-7-12-23(13-8-20)33(4)5)34(31(38)30(27)37)24-14-10-22(11-15-24)32-19(3)35/h7-18,28,36H,1-6H3,(H,32,35)/b29-27-. The number of amides is 2. The van der Waals surface area contributed by atoms with E-state index in [2.05, 4.69) is 5.32 Å². The summed E-state index contributed by atoms with van der Waals surface area (Å²) in [5.41, 5.74) is 3.95. The SMILES string of the molecule is COc1ccc(/C(O)=C2/C(=O)C(=O)N(c3ccc(NC(C)=O)cc3)C2c2ccc(N(C)C)cc2)cc1C(C)C. The Hall–Kier alpha value is -4.59. The van der Waals surface area contributed by atoms with Crippen LogP contribution in [-0.2, 0) is 14.4 Å². The van der Waals surface area contributed by atoms with Crippen molar-refractivity contribution in [3.8, 4) is 5.75 Å². The lowest BCUT2D eigenvalue weighted by atomic mass is 9.93. The molecule has 2 N–H and O–H groups in total. The largest absolute Gasteiger partial charge is 0.507 e. The Morgan fingerprint density at radius 3 is 2.18 bits per heavy atom. The minimum absolute atomic E-state index is 0.00316. The van der Waals surface area contributed by atoms with Crippen LogP contribution in [0.25, 0.3) is 5.76 Å². The van der Waals surface area contributed by atoms with Crippen molar-refractivity contribution in [3.63, 3.8) is 0 Å². The van der Waals surface area contributed by atoms with Crippen molar-refractivity contribution in [2.24, 2.45) is 0 Å². The minimum atomic E-state index is -0.863. The van der Waals surface area contributed by atoms with Gasteiger partial charge in [-0.2, -0.15) is 0 Å². The molecule has 1 atom stereocenters. The number of benzene rings is 3. The molecule has 202 valence electrons. The number of ketones is 1. The van der Waals surface area contributed by atoms with Gasteiger partial charge in [-0.05, 0) is 71.6 Å². The monoisotopic (exact) mass is 527 g/mol. The second-order valence-corrected chi connectivity index (χ2v) is 9.99. The number of ether oxygens (including phenoxy) is 1. The Morgan fingerprint density at radius 2 is 1.64 bits per heavy atom. The molecule has 39 heavy (non-hydrogen) atoms. The highest BCUT2D eigenvalue weighted by Crippen LogP contribution is 2.43. The van der Waals surface area contributed by atoms with Gasteiger partial charge in [-0.25, -0.2) is 0 Å². The molecule has 8 nitrogen and oxygen atoms in total. The Labute approximate surface area is 228 Å². The maximum atomic E-state index is 13.5. The van der Waals surface area contributed by atoms with Crippen molar-refractivity contribution < 1.29 is 24.2 Å². The van der Waals surface area contributed by atoms with Crippen molar-refractivity contribution in [2.75, 3.05) is 36.3 Å². The normalized spacial score (nSPS) is 16.5. The minimum Gasteiger partial charge on any atom is -0.507 e. The van der Waals surface area contributed by atoms with Crippen LogP contribution in [0.4, 0.5) is 17.1 Å². The summed E-state index contributed by atoms with van der Waals surface area (Å²) in [6.07, 6.45) is 0. The second kappa shape index (κ2) is 11.0. The van der Waals surface area contributed by atoms with Gasteiger partial charge in [-0.15, -0.1) is 0 Å². The first-order chi connectivity index (χ1) is 18.5. The van der Waals surface area contributed by atoms with Gasteiger partial charge in [0.05, 0.1) is 18.7 Å². The van der Waals surface area contributed by atoms with E-state index >= 15 is 0 Å². The second-order valence-electron chi connectivity index (χ2n) is 9.99. The molecular weight excluding hydrogens is 494 g/mol. The number of carbonyl (C=O) groups is 3. The van der Waals surface area contributed by atoms with Gasteiger partial charge in [-0.3, -0.25) is 19.3 Å². The van der Waals surface area contributed by atoms with Gasteiger partial charge >= 0.3 is 0 Å². The number of nitrogens with one attached hydrogen (secondary N) is 1. The van der Waals surface area contributed by atoms with E-state index in [-0.39, 0.29) is 23.2 Å². The number of aliphatic hydroxyl groups is 1. The van der Waals surface area contributed by atoms with Gasteiger partial charge < -0.3 is 20.1 Å². The molecule has 1 saturated heterocycles. The summed E-state index contributed by atoms with van der Waals surface area (Å²) in [5, 5.41) is 14.2. The Balaban J connectivity index is 1.90. The number of aliphatic hydroxyl groups excluding tert-OH is 1. The van der Waals surface area contributed by atoms with Crippen molar-refractivity contribution in [1.29, 1.82) is 0 Å². The highest BCUT2D eigenvalue weighted by Gasteiger charge is 2.47. The molecular formula is C31H33N3O5. The molecule has 1 aliphatic rings. The maximum Gasteiger partial charge on any atom is 0.300 e. The molecule has 0 saturated carbocycles. The summed E-state index contributed by atoms with van der Waals surface area (Å²) < 4.78 is 5.48. The first-order valence-corrected chi connectivity index (χ1v) is 12.7. The first-order valence-electron chi connectivity index (χ1n) is 12.7. The van der Waals surface area contributed by atoms with Crippen LogP contribution in [0.2, 0.25) is 0 Å². The van der Waals surface area contributed by atoms with E-state index < -0.39 is 17.7 Å². The molecule has 0 radical (unpaired) electrons. The van der Waals surface area contributed by atoms with Crippen LogP contribution in [0.15, 0.2) is 72.3 Å². The molecule has 1 fully saturated rings. The van der Waals surface area contributed by atoms with Crippen molar-refractivity contribution in [3.05, 3.63) is 89.0 Å². The number of nitrogens with zero attached hydrogens (tertiary/aromatic N) is 2. The number of hydrogen-bond donors (Lipinski definition) is 2. The van der Waals surface area contributed by atoms with E-state index in [0.29, 0.717) is 28.3 Å². The summed E-state index contributed by atoms with van der Waals surface area (Å²) in [4.78, 5) is 41.8. The van der Waals surface area contributed by atoms with Crippen LogP contribution < -0.4 is 19.9 Å². The summed E-state index contributed by atoms with van der Waals surface area (Å²) in [7, 11) is 5.43. The van der Waals surface area contributed by atoms with E-state index in [1.54, 1.807) is 49.6 Å². The number of Topliss-reactive ketones (excluding diaryl/α,β-unsaturated/α-hetero) is 1. The zero-order valence-corrected chi connectivity index (χ0v) is 23.0. The number of rotatable bonds is 7. The number of hydrogen-bond acceptors (Lipinski definition) is 6. The molecule has 1 aliphatic heterocycles.